The fraction of sp³-hybridized carbons (Fsp3) is 0.111. The second-order valence-corrected chi connectivity index (χ2v) is 10.4. The van der Waals surface area contributed by atoms with E-state index >= 15 is 0 Å². The van der Waals surface area contributed by atoms with Crippen LogP contribution in [-0.4, -0.2) is 6.04 Å². The third-order valence-electron chi connectivity index (χ3n) is 8.50. The summed E-state index contributed by atoms with van der Waals surface area (Å²) in [5.74, 6) is 0.742. The highest BCUT2D eigenvalue weighted by Gasteiger charge is 2.38. The Labute approximate surface area is 217 Å². The summed E-state index contributed by atoms with van der Waals surface area (Å²) in [4.78, 5) is 2.51. The van der Waals surface area contributed by atoms with Gasteiger partial charge in [-0.3, -0.25) is 0 Å². The van der Waals surface area contributed by atoms with Crippen LogP contribution in [0.5, 0.6) is 0 Å². The van der Waals surface area contributed by atoms with Crippen LogP contribution in [0.1, 0.15) is 17.9 Å². The zero-order valence-electron chi connectivity index (χ0n) is 20.6. The van der Waals surface area contributed by atoms with Gasteiger partial charge in [-0.2, -0.15) is 0 Å². The van der Waals surface area contributed by atoms with Gasteiger partial charge < -0.3 is 4.90 Å². The lowest BCUT2D eigenvalue weighted by molar-refractivity contribution is 0.717. The summed E-state index contributed by atoms with van der Waals surface area (Å²) in [6, 6.07) is 37.8. The summed E-state index contributed by atoms with van der Waals surface area (Å²) >= 11 is 0. The predicted octanol–water partition coefficient (Wildman–Crippen LogP) is 7.37. The number of nitrogens with zero attached hydrogens (tertiary/aromatic N) is 1. The predicted molar refractivity (Wildman–Crippen MR) is 157 cm³/mol. The van der Waals surface area contributed by atoms with Crippen LogP contribution in [0.4, 0.5) is 11.4 Å². The molecule has 176 valence electrons. The van der Waals surface area contributed by atoms with Gasteiger partial charge in [0.1, 0.15) is 0 Å². The molecule has 8 rings (SSSR count). The van der Waals surface area contributed by atoms with Crippen molar-refractivity contribution < 1.29 is 0 Å². The molecular weight excluding hydrogens is 446 g/mol. The van der Waals surface area contributed by atoms with Crippen LogP contribution in [0.2, 0.25) is 0 Å². The second kappa shape index (κ2) is 8.08. The van der Waals surface area contributed by atoms with Crippen LogP contribution in [0, 0.1) is 5.92 Å². The van der Waals surface area contributed by atoms with Crippen LogP contribution in [0.3, 0.4) is 0 Å². The molecule has 5 aromatic carbocycles. The van der Waals surface area contributed by atoms with Gasteiger partial charge in [-0.25, -0.2) is 0 Å². The van der Waals surface area contributed by atoms with Crippen LogP contribution in [0.15, 0.2) is 127 Å². The maximum absolute atomic E-state index is 2.55. The summed E-state index contributed by atoms with van der Waals surface area (Å²) in [5.41, 5.74) is 5.45. The molecule has 0 spiro atoms. The normalized spacial score (nSPS) is 21.6. The van der Waals surface area contributed by atoms with Crippen LogP contribution >= 0.6 is 0 Å². The Morgan fingerprint density at radius 2 is 1.24 bits per heavy atom. The molecule has 0 amide bonds. The average molecular weight is 474 g/mol. The van der Waals surface area contributed by atoms with Gasteiger partial charge in [-0.05, 0) is 67.7 Å². The van der Waals surface area contributed by atoms with E-state index in [0.717, 1.165) is 6.42 Å². The maximum Gasteiger partial charge on any atom is 0.0629 e. The highest BCUT2D eigenvalue weighted by Crippen LogP contribution is 2.48. The number of hydrogen-bond donors (Lipinski definition) is 0. The molecule has 3 aliphatic rings. The molecule has 1 heterocycles. The molecule has 1 nitrogen and oxygen atoms in total. The van der Waals surface area contributed by atoms with Gasteiger partial charge in [0.2, 0.25) is 0 Å². The van der Waals surface area contributed by atoms with Gasteiger partial charge in [-0.1, -0.05) is 115 Å². The van der Waals surface area contributed by atoms with Gasteiger partial charge in [0.05, 0.1) is 6.04 Å². The van der Waals surface area contributed by atoms with Crippen molar-refractivity contribution in [1.82, 2.24) is 0 Å². The number of anilines is 2. The summed E-state index contributed by atoms with van der Waals surface area (Å²) in [7, 11) is 0. The zero-order valence-corrected chi connectivity index (χ0v) is 20.6. The van der Waals surface area contributed by atoms with Crippen molar-refractivity contribution in [1.29, 1.82) is 0 Å². The monoisotopic (exact) mass is 473 g/mol. The molecule has 0 N–H and O–H groups in total. The molecule has 0 saturated carbocycles. The van der Waals surface area contributed by atoms with Crippen LogP contribution in [0.25, 0.3) is 33.7 Å². The lowest BCUT2D eigenvalue weighted by Gasteiger charge is -2.31. The highest BCUT2D eigenvalue weighted by molar-refractivity contribution is 6.08. The van der Waals surface area contributed by atoms with E-state index in [1.807, 2.05) is 0 Å². The Kier molecular flexibility index (Phi) is 4.54. The van der Waals surface area contributed by atoms with E-state index < -0.39 is 0 Å². The standard InChI is InChI=1S/C36H27N/c1-2-10-26(11-3-1)37-35-17-9-8-16-32(35)34-23-25(19-21-36(34)37)24-18-20-31-29-14-5-4-12-27(29)28-13-6-7-15-30(28)33(31)22-24/h1-17,19-24,34,36H,18H2. The summed E-state index contributed by atoms with van der Waals surface area (Å²) < 4.78 is 0. The summed E-state index contributed by atoms with van der Waals surface area (Å²) in [6.45, 7) is 0. The van der Waals surface area contributed by atoms with Crippen molar-refractivity contribution in [2.24, 2.45) is 5.92 Å². The summed E-state index contributed by atoms with van der Waals surface area (Å²) in [5, 5.41) is 8.20. The first-order valence-corrected chi connectivity index (χ1v) is 13.3. The maximum atomic E-state index is 2.55. The molecule has 3 unspecified atom stereocenters. The quantitative estimate of drug-likeness (QED) is 0.242. The second-order valence-electron chi connectivity index (χ2n) is 10.4. The Bertz CT molecular complexity index is 1880. The number of hydrogen-bond acceptors (Lipinski definition) is 1. The average Bonchev–Trinajstić information content (AvgIpc) is 3.31. The van der Waals surface area contributed by atoms with Gasteiger partial charge in [0.15, 0.2) is 0 Å². The first kappa shape index (κ1) is 20.8. The van der Waals surface area contributed by atoms with Crippen molar-refractivity contribution in [3.63, 3.8) is 0 Å². The fourth-order valence-corrected chi connectivity index (χ4v) is 6.85. The minimum atomic E-state index is 0.313. The minimum absolute atomic E-state index is 0.313. The first-order chi connectivity index (χ1) is 18.4. The SMILES string of the molecule is C1=CC2C(C=C1C1C=c3c(c4ccccc4c4ccccc34)=CC1)c1ccccc1N2c1ccccc1. The molecule has 0 fully saturated rings. The number of fused-ring (bicyclic) bond motifs is 9. The van der Waals surface area contributed by atoms with Gasteiger partial charge >= 0.3 is 0 Å². The molecule has 5 aromatic rings. The largest absolute Gasteiger partial charge is 0.333 e. The first-order valence-electron chi connectivity index (χ1n) is 13.3. The van der Waals surface area contributed by atoms with E-state index in [1.165, 1.54) is 54.5 Å². The Morgan fingerprint density at radius 3 is 2.03 bits per heavy atom. The van der Waals surface area contributed by atoms with Gasteiger partial charge in [0, 0.05) is 23.2 Å². The molecule has 37 heavy (non-hydrogen) atoms. The van der Waals surface area contributed by atoms with E-state index in [0.29, 0.717) is 17.9 Å². The third kappa shape index (κ3) is 3.10. The van der Waals surface area contributed by atoms with Gasteiger partial charge in [-0.15, -0.1) is 0 Å². The molecule has 1 heteroatoms. The highest BCUT2D eigenvalue weighted by atomic mass is 15.2. The van der Waals surface area contributed by atoms with Gasteiger partial charge in [0.25, 0.3) is 0 Å². The van der Waals surface area contributed by atoms with Crippen molar-refractivity contribution in [2.75, 3.05) is 4.90 Å². The van der Waals surface area contributed by atoms with E-state index in [1.54, 1.807) is 0 Å². The number of rotatable bonds is 2. The van der Waals surface area contributed by atoms with E-state index in [2.05, 4.69) is 138 Å². The van der Waals surface area contributed by atoms with Crippen LogP contribution < -0.4 is 15.3 Å². The third-order valence-corrected chi connectivity index (χ3v) is 8.50. The number of benzene rings is 5. The Morgan fingerprint density at radius 1 is 0.595 bits per heavy atom. The summed E-state index contributed by atoms with van der Waals surface area (Å²) in [6.07, 6.45) is 13.4. The van der Waals surface area contributed by atoms with Crippen molar-refractivity contribution >= 4 is 45.1 Å². The van der Waals surface area contributed by atoms with Crippen molar-refractivity contribution in [3.05, 3.63) is 143 Å². The minimum Gasteiger partial charge on any atom is -0.333 e. The van der Waals surface area contributed by atoms with E-state index in [4.69, 9.17) is 0 Å². The van der Waals surface area contributed by atoms with Crippen molar-refractivity contribution in [2.45, 2.75) is 18.4 Å². The lowest BCUT2D eigenvalue weighted by Crippen LogP contribution is -2.32. The smallest absolute Gasteiger partial charge is 0.0629 e. The molecule has 2 aliphatic carbocycles. The van der Waals surface area contributed by atoms with E-state index in [-0.39, 0.29) is 0 Å². The molecule has 0 bridgehead atoms. The number of para-hydroxylation sites is 2. The molecule has 0 aromatic heterocycles. The molecule has 3 atom stereocenters. The lowest BCUT2D eigenvalue weighted by atomic mass is 9.81. The fourth-order valence-electron chi connectivity index (χ4n) is 6.85. The number of allylic oxidation sites excluding steroid dienone is 2. The van der Waals surface area contributed by atoms with E-state index in [9.17, 15) is 0 Å². The van der Waals surface area contributed by atoms with Crippen molar-refractivity contribution in [3.8, 4) is 0 Å². The molecular formula is C36H27N. The molecule has 1 aliphatic heterocycles. The topological polar surface area (TPSA) is 3.24 Å². The Hall–Kier alpha value is -4.36. The zero-order chi connectivity index (χ0) is 24.3. The van der Waals surface area contributed by atoms with Crippen LogP contribution in [-0.2, 0) is 0 Å². The molecule has 0 radical (unpaired) electrons. The Balaban J connectivity index is 1.26. The molecule has 0 saturated heterocycles.